The molecule has 0 aliphatic carbocycles. The van der Waals surface area contributed by atoms with Crippen LogP contribution in [-0.2, 0) is 21.8 Å². The van der Waals surface area contributed by atoms with Crippen molar-refractivity contribution >= 4 is 15.8 Å². The van der Waals surface area contributed by atoms with Gasteiger partial charge in [-0.15, -0.1) is 0 Å². The smallest absolute Gasteiger partial charge is 0.260 e. The van der Waals surface area contributed by atoms with Crippen molar-refractivity contribution in [3.05, 3.63) is 6.33 Å². The monoisotopic (exact) mass is 262 g/mol. The number of nitrogen functional groups attached to an aromatic ring is 1. The predicted molar refractivity (Wildman–Crippen MR) is 63.9 cm³/mol. The summed E-state index contributed by atoms with van der Waals surface area (Å²) in [4.78, 5) is 3.75. The van der Waals surface area contributed by atoms with E-state index >= 15 is 0 Å². The van der Waals surface area contributed by atoms with Crippen molar-refractivity contribution in [3.63, 3.8) is 0 Å². The Balaban J connectivity index is 3.06. The summed E-state index contributed by atoms with van der Waals surface area (Å²) >= 11 is 0. The van der Waals surface area contributed by atoms with Crippen LogP contribution in [0.4, 0.5) is 5.82 Å². The summed E-state index contributed by atoms with van der Waals surface area (Å²) in [5.41, 5.74) is 4.82. The van der Waals surface area contributed by atoms with Gasteiger partial charge in [0, 0.05) is 14.2 Å². The number of nitrogens with zero attached hydrogens (tertiary/aromatic N) is 2. The highest BCUT2D eigenvalue weighted by Crippen LogP contribution is 2.17. The number of aryl methyl sites for hydroxylation is 1. The second-order valence-electron chi connectivity index (χ2n) is 4.47. The molecule has 0 aliphatic heterocycles. The number of rotatable bonds is 5. The lowest BCUT2D eigenvalue weighted by Gasteiger charge is -2.24. The first-order valence-electron chi connectivity index (χ1n) is 4.99. The summed E-state index contributed by atoms with van der Waals surface area (Å²) in [6.07, 6.45) is 1.35. The lowest BCUT2D eigenvalue weighted by molar-refractivity contribution is 0.141. The Bertz CT molecular complexity index is 473. The van der Waals surface area contributed by atoms with E-state index in [0.717, 1.165) is 0 Å². The summed E-state index contributed by atoms with van der Waals surface area (Å²) in [6.45, 7) is 3.70. The number of ether oxygens (including phenoxy) is 1. The molecule has 0 aliphatic rings. The van der Waals surface area contributed by atoms with Crippen LogP contribution in [-0.4, -0.2) is 37.2 Å². The van der Waals surface area contributed by atoms with E-state index in [1.165, 1.54) is 18.0 Å². The molecule has 98 valence electrons. The molecule has 0 spiro atoms. The predicted octanol–water partition coefficient (Wildman–Crippen LogP) is -0.294. The maximum atomic E-state index is 12.1. The molecular weight excluding hydrogens is 244 g/mol. The average molecular weight is 262 g/mol. The van der Waals surface area contributed by atoms with Crippen LogP contribution in [0, 0.1) is 0 Å². The normalized spacial score (nSPS) is 12.9. The summed E-state index contributed by atoms with van der Waals surface area (Å²) in [5.74, 6) is -0.0202. The first-order chi connectivity index (χ1) is 7.69. The van der Waals surface area contributed by atoms with E-state index < -0.39 is 15.6 Å². The van der Waals surface area contributed by atoms with E-state index in [2.05, 4.69) is 9.71 Å². The quantitative estimate of drug-likeness (QED) is 0.759. The number of hydrogen-bond acceptors (Lipinski definition) is 5. The number of imidazole rings is 1. The minimum atomic E-state index is -3.71. The third-order valence-corrected chi connectivity index (χ3v) is 3.91. The second-order valence-corrected chi connectivity index (χ2v) is 6.07. The molecule has 0 radical (unpaired) electrons. The van der Waals surface area contributed by atoms with Crippen LogP contribution in [0.2, 0.25) is 0 Å². The van der Waals surface area contributed by atoms with E-state index in [4.69, 9.17) is 10.5 Å². The molecule has 0 unspecified atom stereocenters. The molecule has 1 aromatic rings. The lowest BCUT2D eigenvalue weighted by atomic mass is 10.1. The van der Waals surface area contributed by atoms with Crippen molar-refractivity contribution in [3.8, 4) is 0 Å². The lowest BCUT2D eigenvalue weighted by Crippen LogP contribution is -2.47. The zero-order chi connectivity index (χ0) is 13.3. The highest BCUT2D eigenvalue weighted by molar-refractivity contribution is 7.89. The van der Waals surface area contributed by atoms with Crippen LogP contribution in [0.25, 0.3) is 0 Å². The zero-order valence-electron chi connectivity index (χ0n) is 10.4. The number of nitrogens with two attached hydrogens (primary N) is 1. The van der Waals surface area contributed by atoms with Crippen LogP contribution in [0.1, 0.15) is 13.8 Å². The number of aromatic nitrogens is 2. The largest absolute Gasteiger partial charge is 0.383 e. The van der Waals surface area contributed by atoms with Crippen molar-refractivity contribution in [1.29, 1.82) is 0 Å². The summed E-state index contributed by atoms with van der Waals surface area (Å²) in [6, 6.07) is 0. The van der Waals surface area contributed by atoms with E-state index in [1.807, 2.05) is 0 Å². The average Bonchev–Trinajstić information content (AvgIpc) is 2.43. The molecule has 1 rings (SSSR count). The van der Waals surface area contributed by atoms with Crippen LogP contribution in [0.5, 0.6) is 0 Å². The van der Waals surface area contributed by atoms with Gasteiger partial charge in [-0.1, -0.05) is 0 Å². The number of anilines is 1. The van der Waals surface area contributed by atoms with Crippen LogP contribution >= 0.6 is 0 Å². The Hall–Kier alpha value is -1.12. The maximum absolute atomic E-state index is 12.1. The molecule has 3 N–H and O–H groups in total. The third-order valence-electron chi connectivity index (χ3n) is 2.08. The maximum Gasteiger partial charge on any atom is 0.260 e. The molecule has 0 amide bonds. The van der Waals surface area contributed by atoms with Crippen LogP contribution in [0.3, 0.4) is 0 Å². The first-order valence-corrected chi connectivity index (χ1v) is 6.47. The topological polar surface area (TPSA) is 99.2 Å². The van der Waals surface area contributed by atoms with Crippen molar-refractivity contribution < 1.29 is 13.2 Å². The Morgan fingerprint density at radius 1 is 1.59 bits per heavy atom. The summed E-state index contributed by atoms with van der Waals surface area (Å²) < 4.78 is 33.1. The number of sulfonamides is 1. The molecular formula is C9H18N4O3S. The van der Waals surface area contributed by atoms with E-state index in [-0.39, 0.29) is 17.5 Å². The van der Waals surface area contributed by atoms with Gasteiger partial charge in [-0.3, -0.25) is 0 Å². The molecule has 7 nitrogen and oxygen atoms in total. The van der Waals surface area contributed by atoms with Gasteiger partial charge in [0.05, 0.1) is 18.5 Å². The van der Waals surface area contributed by atoms with Gasteiger partial charge in [-0.25, -0.2) is 18.1 Å². The molecule has 0 fully saturated rings. The van der Waals surface area contributed by atoms with Gasteiger partial charge in [-0.05, 0) is 13.8 Å². The van der Waals surface area contributed by atoms with Crippen molar-refractivity contribution in [2.45, 2.75) is 24.4 Å². The highest BCUT2D eigenvalue weighted by Gasteiger charge is 2.30. The fourth-order valence-corrected chi connectivity index (χ4v) is 3.20. The van der Waals surface area contributed by atoms with Crippen LogP contribution < -0.4 is 10.5 Å². The minimum Gasteiger partial charge on any atom is -0.383 e. The Kier molecular flexibility index (Phi) is 3.80. The standard InChI is InChI=1S/C9H18N4O3S/c1-9(2,5-16-4)12-17(14,15)8-7(10)11-6-13(8)3/h6,12H,5,10H2,1-4H3. The number of nitrogens with one attached hydrogen (secondary N) is 1. The fourth-order valence-electron chi connectivity index (χ4n) is 1.57. The molecule has 0 bridgehead atoms. The van der Waals surface area contributed by atoms with Gasteiger partial charge in [0.15, 0.2) is 10.8 Å². The Morgan fingerprint density at radius 2 is 2.18 bits per heavy atom. The molecule has 17 heavy (non-hydrogen) atoms. The minimum absolute atomic E-state index is 0.0202. The zero-order valence-corrected chi connectivity index (χ0v) is 11.2. The Morgan fingerprint density at radius 3 is 2.59 bits per heavy atom. The van der Waals surface area contributed by atoms with Gasteiger partial charge in [-0.2, -0.15) is 0 Å². The van der Waals surface area contributed by atoms with Gasteiger partial charge in [0.25, 0.3) is 10.0 Å². The van der Waals surface area contributed by atoms with Gasteiger partial charge in [0.1, 0.15) is 0 Å². The summed E-state index contributed by atoms with van der Waals surface area (Å²) in [5, 5.41) is -0.0401. The fraction of sp³-hybridized carbons (Fsp3) is 0.667. The molecule has 0 saturated carbocycles. The third kappa shape index (κ3) is 3.18. The number of methoxy groups -OCH3 is 1. The first kappa shape index (κ1) is 13.9. The van der Waals surface area contributed by atoms with Gasteiger partial charge < -0.3 is 15.0 Å². The van der Waals surface area contributed by atoms with Crippen molar-refractivity contribution in [1.82, 2.24) is 14.3 Å². The molecule has 1 aromatic heterocycles. The molecule has 8 heteroatoms. The molecule has 0 aromatic carbocycles. The van der Waals surface area contributed by atoms with Gasteiger partial charge >= 0.3 is 0 Å². The van der Waals surface area contributed by atoms with E-state index in [1.54, 1.807) is 20.9 Å². The Labute approximate surface area is 101 Å². The molecule has 0 saturated heterocycles. The SMILES string of the molecule is COCC(C)(C)NS(=O)(=O)c1c(N)ncn1C. The summed E-state index contributed by atoms with van der Waals surface area (Å²) in [7, 11) is -0.634. The molecule has 0 atom stereocenters. The number of hydrogen-bond donors (Lipinski definition) is 2. The highest BCUT2D eigenvalue weighted by atomic mass is 32.2. The van der Waals surface area contributed by atoms with Gasteiger partial charge in [0.2, 0.25) is 0 Å². The van der Waals surface area contributed by atoms with Crippen molar-refractivity contribution in [2.24, 2.45) is 7.05 Å². The van der Waals surface area contributed by atoms with E-state index in [0.29, 0.717) is 0 Å². The van der Waals surface area contributed by atoms with Crippen molar-refractivity contribution in [2.75, 3.05) is 19.5 Å². The van der Waals surface area contributed by atoms with Crippen LogP contribution in [0.15, 0.2) is 11.4 Å². The molecule has 1 heterocycles. The second kappa shape index (κ2) is 4.63. The van der Waals surface area contributed by atoms with E-state index in [9.17, 15) is 8.42 Å².